The van der Waals surface area contributed by atoms with Crippen LogP contribution in [0.1, 0.15) is 17.6 Å². The van der Waals surface area contributed by atoms with E-state index >= 15 is 0 Å². The van der Waals surface area contributed by atoms with Crippen LogP contribution in [0.15, 0.2) is 63.5 Å². The second-order valence-electron chi connectivity index (χ2n) is 4.95. The van der Waals surface area contributed by atoms with E-state index in [0.717, 1.165) is 15.6 Å². The third-order valence-corrected chi connectivity index (χ3v) is 4.72. The average Bonchev–Trinajstić information content (AvgIpc) is 3.04. The van der Waals surface area contributed by atoms with E-state index in [0.29, 0.717) is 23.3 Å². The summed E-state index contributed by atoms with van der Waals surface area (Å²) < 4.78 is 6.63. The number of aliphatic hydroxyl groups excluding tert-OH is 1. The Morgan fingerprint density at radius 2 is 1.91 bits per heavy atom. The first-order valence-electron chi connectivity index (χ1n) is 7.11. The molecule has 1 aromatic heterocycles. The summed E-state index contributed by atoms with van der Waals surface area (Å²) in [6.45, 7) is 0. The first kappa shape index (κ1) is 16.2. The zero-order chi connectivity index (χ0) is 16.1. The van der Waals surface area contributed by atoms with E-state index in [1.807, 2.05) is 54.6 Å². The molecule has 0 aliphatic rings. The second kappa shape index (κ2) is 7.77. The summed E-state index contributed by atoms with van der Waals surface area (Å²) in [6.07, 6.45) is -0.492. The topological polar surface area (TPSA) is 59.2 Å². The van der Waals surface area contributed by atoms with Gasteiger partial charge in [-0.2, -0.15) is 0 Å². The van der Waals surface area contributed by atoms with Crippen LogP contribution in [-0.4, -0.2) is 21.1 Å². The maximum Gasteiger partial charge on any atom is 0.247 e. The Morgan fingerprint density at radius 3 is 2.70 bits per heavy atom. The van der Waals surface area contributed by atoms with Crippen molar-refractivity contribution in [3.63, 3.8) is 0 Å². The van der Waals surface area contributed by atoms with E-state index in [4.69, 9.17) is 4.42 Å². The number of rotatable bonds is 6. The molecule has 0 aliphatic carbocycles. The number of thioether (sulfide) groups is 1. The number of nitrogens with zero attached hydrogens (tertiary/aromatic N) is 2. The maximum atomic E-state index is 10.1. The third kappa shape index (κ3) is 4.43. The summed E-state index contributed by atoms with van der Waals surface area (Å²) in [5, 5.41) is 18.2. The lowest BCUT2D eigenvalue weighted by molar-refractivity contribution is 0.204. The Balaban J connectivity index is 1.55. The number of halogens is 1. The van der Waals surface area contributed by atoms with E-state index in [9.17, 15) is 5.11 Å². The van der Waals surface area contributed by atoms with E-state index < -0.39 is 6.10 Å². The van der Waals surface area contributed by atoms with Crippen molar-refractivity contribution in [1.82, 2.24) is 10.2 Å². The maximum absolute atomic E-state index is 10.1. The van der Waals surface area contributed by atoms with Gasteiger partial charge in [-0.05, 0) is 23.8 Å². The van der Waals surface area contributed by atoms with Crippen LogP contribution in [0, 0.1) is 0 Å². The Bertz CT molecular complexity index is 764. The largest absolute Gasteiger partial charge is 0.420 e. The summed E-state index contributed by atoms with van der Waals surface area (Å²) in [4.78, 5) is 0. The minimum absolute atomic E-state index is 0.492. The molecule has 0 saturated carbocycles. The van der Waals surface area contributed by atoms with Crippen LogP contribution < -0.4 is 0 Å². The van der Waals surface area contributed by atoms with Crippen LogP contribution >= 0.6 is 27.7 Å². The quantitative estimate of drug-likeness (QED) is 0.672. The summed E-state index contributed by atoms with van der Waals surface area (Å²) in [5.41, 5.74) is 1.80. The highest BCUT2D eigenvalue weighted by atomic mass is 79.9. The van der Waals surface area contributed by atoms with Crippen LogP contribution in [0.3, 0.4) is 0 Å². The molecule has 1 atom stereocenters. The first-order valence-corrected chi connectivity index (χ1v) is 9.06. The van der Waals surface area contributed by atoms with Gasteiger partial charge in [0.1, 0.15) is 0 Å². The number of benzene rings is 2. The molecule has 0 saturated heterocycles. The van der Waals surface area contributed by atoms with Gasteiger partial charge >= 0.3 is 0 Å². The highest BCUT2D eigenvalue weighted by Gasteiger charge is 2.11. The fourth-order valence-corrected chi connectivity index (χ4v) is 3.30. The lowest BCUT2D eigenvalue weighted by Gasteiger charge is -2.09. The average molecular weight is 391 g/mol. The van der Waals surface area contributed by atoms with Crippen molar-refractivity contribution in [1.29, 1.82) is 0 Å². The molecule has 0 radical (unpaired) electrons. The lowest BCUT2D eigenvalue weighted by atomic mass is 10.1. The molecule has 1 heterocycles. The number of hydrogen-bond acceptors (Lipinski definition) is 5. The minimum atomic E-state index is -0.492. The normalized spacial score (nSPS) is 12.3. The number of aliphatic hydroxyl groups is 1. The van der Waals surface area contributed by atoms with Gasteiger partial charge in [-0.3, -0.25) is 0 Å². The van der Waals surface area contributed by atoms with Gasteiger partial charge in [-0.1, -0.05) is 52.3 Å². The Hall–Kier alpha value is -1.63. The molecule has 1 unspecified atom stereocenters. The van der Waals surface area contributed by atoms with Crippen molar-refractivity contribution >= 4 is 27.7 Å². The highest BCUT2D eigenvalue weighted by Crippen LogP contribution is 2.24. The van der Waals surface area contributed by atoms with Crippen molar-refractivity contribution in [3.8, 4) is 11.5 Å². The molecule has 0 amide bonds. The van der Waals surface area contributed by atoms with Gasteiger partial charge in [0.2, 0.25) is 11.8 Å². The van der Waals surface area contributed by atoms with Crippen molar-refractivity contribution < 1.29 is 9.52 Å². The van der Waals surface area contributed by atoms with Crippen molar-refractivity contribution in [3.05, 3.63) is 70.5 Å². The zero-order valence-electron chi connectivity index (χ0n) is 12.2. The molecule has 0 bridgehead atoms. The van der Waals surface area contributed by atoms with Gasteiger partial charge in [-0.25, -0.2) is 0 Å². The van der Waals surface area contributed by atoms with Gasteiger partial charge in [0.05, 0.1) is 11.9 Å². The molecule has 3 rings (SSSR count). The summed E-state index contributed by atoms with van der Waals surface area (Å²) in [5.74, 6) is 2.22. The molecule has 3 aromatic rings. The van der Waals surface area contributed by atoms with Gasteiger partial charge < -0.3 is 9.52 Å². The SMILES string of the molecule is OC(CSCc1nnc(-c2cccc(Br)c2)o1)c1ccccc1. The molecule has 118 valence electrons. The summed E-state index contributed by atoms with van der Waals surface area (Å²) >= 11 is 4.99. The molecule has 23 heavy (non-hydrogen) atoms. The zero-order valence-corrected chi connectivity index (χ0v) is 14.6. The fraction of sp³-hybridized carbons (Fsp3) is 0.176. The second-order valence-corrected chi connectivity index (χ2v) is 6.90. The monoisotopic (exact) mass is 390 g/mol. The van der Waals surface area contributed by atoms with Crippen molar-refractivity contribution in [2.45, 2.75) is 11.9 Å². The fourth-order valence-electron chi connectivity index (χ4n) is 2.08. The van der Waals surface area contributed by atoms with Crippen LogP contribution in [-0.2, 0) is 5.75 Å². The molecule has 0 aliphatic heterocycles. The molecule has 1 N–H and O–H groups in total. The number of aromatic nitrogens is 2. The number of hydrogen-bond donors (Lipinski definition) is 1. The lowest BCUT2D eigenvalue weighted by Crippen LogP contribution is -2.00. The van der Waals surface area contributed by atoms with E-state index in [1.54, 1.807) is 11.8 Å². The predicted molar refractivity (Wildman–Crippen MR) is 95.0 cm³/mol. The van der Waals surface area contributed by atoms with Gasteiger partial charge in [0.25, 0.3) is 0 Å². The minimum Gasteiger partial charge on any atom is -0.420 e. The van der Waals surface area contributed by atoms with E-state index in [-0.39, 0.29) is 0 Å². The van der Waals surface area contributed by atoms with E-state index in [2.05, 4.69) is 26.1 Å². The standard InChI is InChI=1S/C17H15BrN2O2S/c18-14-8-4-7-13(9-14)17-20-19-16(22-17)11-23-10-15(21)12-5-2-1-3-6-12/h1-9,15,21H,10-11H2. The smallest absolute Gasteiger partial charge is 0.247 e. The molecular formula is C17H15BrN2O2S. The highest BCUT2D eigenvalue weighted by molar-refractivity contribution is 9.10. The molecule has 2 aromatic carbocycles. The van der Waals surface area contributed by atoms with Crippen LogP contribution in [0.5, 0.6) is 0 Å². The van der Waals surface area contributed by atoms with Crippen molar-refractivity contribution in [2.75, 3.05) is 5.75 Å². The van der Waals surface area contributed by atoms with Crippen LogP contribution in [0.2, 0.25) is 0 Å². The van der Waals surface area contributed by atoms with E-state index in [1.165, 1.54) is 0 Å². The van der Waals surface area contributed by atoms with Gasteiger partial charge in [0, 0.05) is 15.8 Å². The summed E-state index contributed by atoms with van der Waals surface area (Å²) in [6, 6.07) is 17.3. The summed E-state index contributed by atoms with van der Waals surface area (Å²) in [7, 11) is 0. The molecule has 0 fully saturated rings. The van der Waals surface area contributed by atoms with Gasteiger partial charge in [0.15, 0.2) is 0 Å². The Kier molecular flexibility index (Phi) is 5.48. The Labute approximate surface area is 147 Å². The molecule has 4 nitrogen and oxygen atoms in total. The van der Waals surface area contributed by atoms with Crippen molar-refractivity contribution in [2.24, 2.45) is 0 Å². The third-order valence-electron chi connectivity index (χ3n) is 3.22. The van der Waals surface area contributed by atoms with Gasteiger partial charge in [-0.15, -0.1) is 22.0 Å². The van der Waals surface area contributed by atoms with Crippen LogP contribution in [0.25, 0.3) is 11.5 Å². The molecule has 6 heteroatoms. The first-order chi connectivity index (χ1) is 11.2. The molecular weight excluding hydrogens is 376 g/mol. The van der Waals surface area contributed by atoms with Crippen LogP contribution in [0.4, 0.5) is 0 Å². The predicted octanol–water partition coefficient (Wildman–Crippen LogP) is 4.47. The molecule has 0 spiro atoms. The Morgan fingerprint density at radius 1 is 1.09 bits per heavy atom.